The van der Waals surface area contributed by atoms with Gasteiger partial charge in [-0.25, -0.2) is 5.90 Å². The van der Waals surface area contributed by atoms with Gasteiger partial charge in [0.1, 0.15) is 0 Å². The van der Waals surface area contributed by atoms with Crippen molar-refractivity contribution in [2.75, 3.05) is 0 Å². The maximum Gasteiger partial charge on any atom is 0.0984 e. The third-order valence-electron chi connectivity index (χ3n) is 0.932. The molecule has 1 rings (SSSR count). The molecule has 50 valence electrons. The van der Waals surface area contributed by atoms with E-state index in [9.17, 15) is 0 Å². The van der Waals surface area contributed by atoms with Crippen molar-refractivity contribution in [1.29, 1.82) is 0 Å². The van der Waals surface area contributed by atoms with Crippen LogP contribution >= 0.6 is 22.9 Å². The molecule has 0 spiro atoms. The van der Waals surface area contributed by atoms with Gasteiger partial charge in [0.05, 0.1) is 10.9 Å². The molecular weight excluding hydrogens is 158 g/mol. The third-order valence-corrected chi connectivity index (χ3v) is 2.18. The Morgan fingerprint density at radius 2 is 2.56 bits per heavy atom. The van der Waals surface area contributed by atoms with Gasteiger partial charge in [0.15, 0.2) is 0 Å². The van der Waals surface area contributed by atoms with Crippen LogP contribution in [0.2, 0.25) is 4.34 Å². The smallest absolute Gasteiger partial charge is 0.0984 e. The number of hydrogen-bond acceptors (Lipinski definition) is 3. The highest BCUT2D eigenvalue weighted by molar-refractivity contribution is 7.14. The van der Waals surface area contributed by atoms with Crippen molar-refractivity contribution in [2.45, 2.75) is 6.61 Å². The minimum atomic E-state index is 0.391. The second kappa shape index (κ2) is 3.17. The number of halogens is 1. The zero-order chi connectivity index (χ0) is 6.69. The lowest BCUT2D eigenvalue weighted by Crippen LogP contribution is -1.97. The van der Waals surface area contributed by atoms with E-state index in [1.54, 1.807) is 0 Å². The quantitative estimate of drug-likeness (QED) is 0.675. The second-order valence-corrected chi connectivity index (χ2v) is 3.05. The second-order valence-electron chi connectivity index (χ2n) is 1.53. The molecule has 4 heteroatoms. The number of thiophene rings is 1. The molecule has 1 heterocycles. The normalized spacial score (nSPS) is 10.0. The lowest BCUT2D eigenvalue weighted by atomic mass is 10.4. The molecule has 0 aliphatic rings. The van der Waals surface area contributed by atoms with Crippen LogP contribution in [-0.2, 0) is 11.4 Å². The van der Waals surface area contributed by atoms with E-state index in [0.717, 1.165) is 9.90 Å². The van der Waals surface area contributed by atoms with Gasteiger partial charge in [0.25, 0.3) is 0 Å². The predicted molar refractivity (Wildman–Crippen MR) is 38.3 cm³/mol. The Morgan fingerprint density at radius 1 is 1.78 bits per heavy atom. The Bertz CT molecular complexity index is 189. The van der Waals surface area contributed by atoms with E-state index < -0.39 is 0 Å². The Kier molecular flexibility index (Phi) is 2.48. The van der Waals surface area contributed by atoms with Gasteiger partial charge in [0, 0.05) is 5.56 Å². The molecule has 0 fully saturated rings. The molecule has 0 aliphatic heterocycles. The van der Waals surface area contributed by atoms with Crippen molar-refractivity contribution in [3.05, 3.63) is 21.3 Å². The molecule has 1 aromatic heterocycles. The van der Waals surface area contributed by atoms with Gasteiger partial charge in [-0.2, -0.15) is 0 Å². The highest BCUT2D eigenvalue weighted by Gasteiger charge is 1.98. The number of rotatable bonds is 2. The van der Waals surface area contributed by atoms with E-state index >= 15 is 0 Å². The summed E-state index contributed by atoms with van der Waals surface area (Å²) in [5, 5.41) is 1.90. The van der Waals surface area contributed by atoms with Gasteiger partial charge in [-0.1, -0.05) is 11.6 Å². The summed E-state index contributed by atoms with van der Waals surface area (Å²) in [7, 11) is 0. The highest BCUT2D eigenvalue weighted by Crippen LogP contribution is 2.22. The third kappa shape index (κ3) is 1.66. The zero-order valence-corrected chi connectivity index (χ0v) is 6.21. The predicted octanol–water partition coefficient (Wildman–Crippen LogP) is 1.79. The van der Waals surface area contributed by atoms with Crippen LogP contribution in [0.4, 0.5) is 0 Å². The van der Waals surface area contributed by atoms with E-state index in [2.05, 4.69) is 4.84 Å². The average molecular weight is 164 g/mol. The van der Waals surface area contributed by atoms with Crippen LogP contribution in [0, 0.1) is 0 Å². The van der Waals surface area contributed by atoms with Crippen LogP contribution in [0.25, 0.3) is 0 Å². The molecule has 1 aromatic rings. The molecule has 0 bridgehead atoms. The molecular formula is C5H6ClNOS. The van der Waals surface area contributed by atoms with Gasteiger partial charge >= 0.3 is 0 Å². The van der Waals surface area contributed by atoms with Crippen molar-refractivity contribution in [3.8, 4) is 0 Å². The molecule has 0 radical (unpaired) electrons. The Labute approximate surface area is 62.1 Å². The summed E-state index contributed by atoms with van der Waals surface area (Å²) >= 11 is 7.18. The fourth-order valence-electron chi connectivity index (χ4n) is 0.512. The summed E-state index contributed by atoms with van der Waals surface area (Å²) < 4.78 is 0.750. The van der Waals surface area contributed by atoms with Crippen molar-refractivity contribution < 1.29 is 4.84 Å². The number of nitrogens with two attached hydrogens (primary N) is 1. The molecule has 0 aliphatic carbocycles. The summed E-state index contributed by atoms with van der Waals surface area (Å²) in [6, 6.07) is 1.89. The van der Waals surface area contributed by atoms with E-state index in [0.29, 0.717) is 6.61 Å². The van der Waals surface area contributed by atoms with Gasteiger partial charge in [0.2, 0.25) is 0 Å². The summed E-state index contributed by atoms with van der Waals surface area (Å²) in [5.41, 5.74) is 0.948. The van der Waals surface area contributed by atoms with Crippen LogP contribution in [0.3, 0.4) is 0 Å². The van der Waals surface area contributed by atoms with E-state index in [1.807, 2.05) is 11.4 Å². The van der Waals surface area contributed by atoms with Crippen molar-refractivity contribution in [1.82, 2.24) is 0 Å². The van der Waals surface area contributed by atoms with Crippen LogP contribution < -0.4 is 5.90 Å². The molecule has 0 saturated carbocycles. The summed E-state index contributed by atoms with van der Waals surface area (Å²) in [6.07, 6.45) is 0. The minimum absolute atomic E-state index is 0.391. The lowest BCUT2D eigenvalue weighted by Gasteiger charge is -1.92. The molecule has 2 nitrogen and oxygen atoms in total. The molecule has 9 heavy (non-hydrogen) atoms. The lowest BCUT2D eigenvalue weighted by molar-refractivity contribution is 0.124. The summed E-state index contributed by atoms with van der Waals surface area (Å²) in [4.78, 5) is 4.39. The van der Waals surface area contributed by atoms with E-state index in [4.69, 9.17) is 17.5 Å². The highest BCUT2D eigenvalue weighted by atomic mass is 35.5. The maximum absolute atomic E-state index is 5.70. The van der Waals surface area contributed by atoms with Crippen molar-refractivity contribution in [2.24, 2.45) is 5.90 Å². The Morgan fingerprint density at radius 3 is 3.00 bits per heavy atom. The summed E-state index contributed by atoms with van der Waals surface area (Å²) in [6.45, 7) is 0.391. The molecule has 0 aromatic carbocycles. The fraction of sp³-hybridized carbons (Fsp3) is 0.200. The van der Waals surface area contributed by atoms with E-state index in [-0.39, 0.29) is 0 Å². The first-order valence-corrected chi connectivity index (χ1v) is 3.64. The van der Waals surface area contributed by atoms with Crippen molar-refractivity contribution in [3.63, 3.8) is 0 Å². The zero-order valence-electron chi connectivity index (χ0n) is 4.63. The Hall–Kier alpha value is -0.0900. The largest absolute Gasteiger partial charge is 0.300 e. The molecule has 0 unspecified atom stereocenters. The van der Waals surface area contributed by atoms with Gasteiger partial charge in [-0.3, -0.25) is 4.84 Å². The first-order valence-electron chi connectivity index (χ1n) is 2.38. The first kappa shape index (κ1) is 7.02. The van der Waals surface area contributed by atoms with Crippen molar-refractivity contribution >= 4 is 22.9 Å². The SMILES string of the molecule is NOCc1ccsc1Cl. The van der Waals surface area contributed by atoms with Crippen LogP contribution in [-0.4, -0.2) is 0 Å². The summed E-state index contributed by atoms with van der Waals surface area (Å²) in [5.74, 6) is 4.83. The number of hydrogen-bond donors (Lipinski definition) is 1. The fourth-order valence-corrected chi connectivity index (χ4v) is 1.41. The standard InChI is InChI=1S/C5H6ClNOS/c6-5-4(3-8-7)1-2-9-5/h1-2H,3,7H2. The Balaban J connectivity index is 2.69. The maximum atomic E-state index is 5.70. The molecule has 0 atom stereocenters. The monoisotopic (exact) mass is 163 g/mol. The van der Waals surface area contributed by atoms with Crippen LogP contribution in [0.5, 0.6) is 0 Å². The topological polar surface area (TPSA) is 35.2 Å². The van der Waals surface area contributed by atoms with Crippen LogP contribution in [0.1, 0.15) is 5.56 Å². The molecule has 2 N–H and O–H groups in total. The average Bonchev–Trinajstić information content (AvgIpc) is 2.18. The van der Waals surface area contributed by atoms with Crippen LogP contribution in [0.15, 0.2) is 11.4 Å². The van der Waals surface area contributed by atoms with Gasteiger partial charge < -0.3 is 0 Å². The first-order chi connectivity index (χ1) is 4.34. The van der Waals surface area contributed by atoms with E-state index in [1.165, 1.54) is 11.3 Å². The molecule has 0 saturated heterocycles. The van der Waals surface area contributed by atoms with Gasteiger partial charge in [-0.05, 0) is 11.4 Å². The minimum Gasteiger partial charge on any atom is -0.300 e. The molecule has 0 amide bonds. The van der Waals surface area contributed by atoms with Gasteiger partial charge in [-0.15, -0.1) is 11.3 Å².